The Morgan fingerprint density at radius 2 is 2.02 bits per heavy atom. The third-order valence-corrected chi connectivity index (χ3v) is 7.21. The Balaban J connectivity index is 0.00000194. The third-order valence-electron chi connectivity index (χ3n) is 7.21. The topological polar surface area (TPSA) is 140 Å². The number of rotatable bonds is 6. The van der Waals surface area contributed by atoms with Crippen molar-refractivity contribution in [3.63, 3.8) is 0 Å². The molecule has 2 aromatic heterocycles. The number of carbonyl (C=O) groups excluding carboxylic acids is 2. The van der Waals surface area contributed by atoms with E-state index in [0.717, 1.165) is 11.5 Å². The summed E-state index contributed by atoms with van der Waals surface area (Å²) < 4.78 is 13.8. The number of tetrazole rings is 1. The summed E-state index contributed by atoms with van der Waals surface area (Å²) >= 11 is 0. The molecular weight excluding hydrogens is 523 g/mol. The fraction of sp³-hybridized carbons (Fsp3) is 0.333. The van der Waals surface area contributed by atoms with Gasteiger partial charge in [0.15, 0.2) is 5.78 Å². The molecule has 0 aliphatic carbocycles. The zero-order chi connectivity index (χ0) is 27.0. The standard InChI is InChI=1S/C27H28N8O4.Na.H/c1-3-38-20-13-17(25-30-32-33-31-25)12-18(14-20)26(37)35-10-7-27(8-11-35)16-22(36)21-15-19(4-5-23(21)39-27)29-24-6-9-28-34(24)2;;/h4-6,9,12-15,29H,3,7-8,10-11,16H2,1-2H3,(H,30,31,32,33);;/q;+1;-1. The van der Waals surface area contributed by atoms with Crippen molar-refractivity contribution in [1.29, 1.82) is 0 Å². The van der Waals surface area contributed by atoms with Crippen molar-refractivity contribution in [2.45, 2.75) is 31.8 Å². The number of carbonyl (C=O) groups is 2. The van der Waals surface area contributed by atoms with Crippen molar-refractivity contribution in [3.05, 3.63) is 59.8 Å². The van der Waals surface area contributed by atoms with E-state index in [2.05, 4.69) is 31.0 Å². The van der Waals surface area contributed by atoms with Crippen LogP contribution in [0.25, 0.3) is 11.4 Å². The van der Waals surface area contributed by atoms with Crippen LogP contribution in [0.15, 0.2) is 48.7 Å². The summed E-state index contributed by atoms with van der Waals surface area (Å²) in [6.07, 6.45) is 3.10. The summed E-state index contributed by atoms with van der Waals surface area (Å²) in [6.45, 7) is 3.29. The number of nitrogens with one attached hydrogen (secondary N) is 2. The Morgan fingerprint density at radius 1 is 1.20 bits per heavy atom. The zero-order valence-corrected chi connectivity index (χ0v) is 24.7. The van der Waals surface area contributed by atoms with Crippen LogP contribution in [0, 0.1) is 0 Å². The van der Waals surface area contributed by atoms with E-state index in [-0.39, 0.29) is 49.1 Å². The second-order valence-electron chi connectivity index (χ2n) is 9.77. The van der Waals surface area contributed by atoms with E-state index < -0.39 is 5.60 Å². The molecule has 2 N–H and O–H groups in total. The number of hydrogen-bond acceptors (Lipinski definition) is 9. The summed E-state index contributed by atoms with van der Waals surface area (Å²) in [5.74, 6) is 2.27. The van der Waals surface area contributed by atoms with E-state index in [9.17, 15) is 9.59 Å². The quantitative estimate of drug-likeness (QED) is 0.327. The second-order valence-corrected chi connectivity index (χ2v) is 9.77. The number of anilines is 2. The fourth-order valence-electron chi connectivity index (χ4n) is 5.18. The van der Waals surface area contributed by atoms with Crippen LogP contribution in [-0.2, 0) is 7.05 Å². The average molecular weight is 553 g/mol. The van der Waals surface area contributed by atoms with Crippen molar-refractivity contribution in [2.24, 2.45) is 7.05 Å². The molecule has 1 spiro atoms. The first-order chi connectivity index (χ1) is 18.9. The molecule has 1 amide bonds. The smallest absolute Gasteiger partial charge is 1.00 e. The number of ether oxygens (including phenoxy) is 2. The number of hydrogen-bond donors (Lipinski definition) is 2. The van der Waals surface area contributed by atoms with Gasteiger partial charge in [-0.1, -0.05) is 0 Å². The second kappa shape index (κ2) is 11.4. The van der Waals surface area contributed by atoms with Crippen LogP contribution < -0.4 is 44.3 Å². The monoisotopic (exact) mass is 552 g/mol. The van der Waals surface area contributed by atoms with E-state index in [1.54, 1.807) is 34.0 Å². The van der Waals surface area contributed by atoms with E-state index in [1.807, 2.05) is 38.2 Å². The van der Waals surface area contributed by atoms with Crippen LogP contribution in [0.4, 0.5) is 11.5 Å². The number of nitrogens with zero attached hydrogens (tertiary/aromatic N) is 6. The predicted octanol–water partition coefficient (Wildman–Crippen LogP) is 0.499. The Labute approximate surface area is 254 Å². The average Bonchev–Trinajstić information content (AvgIpc) is 3.62. The summed E-state index contributed by atoms with van der Waals surface area (Å²) in [5.41, 5.74) is 1.85. The molecule has 40 heavy (non-hydrogen) atoms. The molecule has 6 rings (SSSR count). The third kappa shape index (κ3) is 5.47. The number of H-pyrrole nitrogens is 1. The molecule has 12 nitrogen and oxygen atoms in total. The van der Waals surface area contributed by atoms with Crippen LogP contribution >= 0.6 is 0 Å². The number of benzene rings is 2. The van der Waals surface area contributed by atoms with Gasteiger partial charge in [-0.3, -0.25) is 14.3 Å². The van der Waals surface area contributed by atoms with Gasteiger partial charge in [0.05, 0.1) is 24.8 Å². The fourth-order valence-corrected chi connectivity index (χ4v) is 5.18. The van der Waals surface area contributed by atoms with Crippen LogP contribution in [0.5, 0.6) is 11.5 Å². The molecule has 13 heteroatoms. The van der Waals surface area contributed by atoms with Crippen molar-refractivity contribution in [1.82, 2.24) is 35.3 Å². The van der Waals surface area contributed by atoms with E-state index in [0.29, 0.717) is 66.6 Å². The van der Waals surface area contributed by atoms with Crippen LogP contribution in [0.3, 0.4) is 0 Å². The van der Waals surface area contributed by atoms with Gasteiger partial charge in [0, 0.05) is 55.9 Å². The first kappa shape index (κ1) is 27.8. The van der Waals surface area contributed by atoms with Gasteiger partial charge in [-0.15, -0.1) is 10.2 Å². The molecular formula is C27H29N8NaO4. The largest absolute Gasteiger partial charge is 1.00 e. The Kier molecular flexibility index (Phi) is 7.92. The molecule has 2 aliphatic heterocycles. The molecule has 0 bridgehead atoms. The molecule has 1 saturated heterocycles. The minimum absolute atomic E-state index is 0. The number of piperidine rings is 1. The predicted molar refractivity (Wildman–Crippen MR) is 142 cm³/mol. The molecule has 1 fully saturated rings. The number of aryl methyl sites for hydroxylation is 1. The number of likely N-dealkylation sites (tertiary alicyclic amines) is 1. The maximum Gasteiger partial charge on any atom is 1.00 e. The van der Waals surface area contributed by atoms with E-state index in [1.165, 1.54) is 0 Å². The number of fused-ring (bicyclic) bond motifs is 1. The van der Waals surface area contributed by atoms with Gasteiger partial charge >= 0.3 is 29.6 Å². The molecule has 0 atom stereocenters. The summed E-state index contributed by atoms with van der Waals surface area (Å²) in [7, 11) is 1.85. The van der Waals surface area contributed by atoms with Gasteiger partial charge in [0.1, 0.15) is 22.9 Å². The zero-order valence-electron chi connectivity index (χ0n) is 23.7. The number of amides is 1. The molecule has 2 aliphatic rings. The summed E-state index contributed by atoms with van der Waals surface area (Å²) in [6, 6.07) is 12.7. The Morgan fingerprint density at radius 3 is 2.73 bits per heavy atom. The van der Waals surface area contributed by atoms with Gasteiger partial charge < -0.3 is 21.1 Å². The first-order valence-electron chi connectivity index (χ1n) is 12.9. The van der Waals surface area contributed by atoms with Gasteiger partial charge in [-0.2, -0.15) is 10.3 Å². The first-order valence-corrected chi connectivity index (χ1v) is 12.9. The maximum atomic E-state index is 13.5. The molecule has 0 unspecified atom stereocenters. The van der Waals surface area contributed by atoms with Gasteiger partial charge in [-0.05, 0) is 48.5 Å². The van der Waals surface area contributed by atoms with Crippen molar-refractivity contribution in [2.75, 3.05) is 25.0 Å². The van der Waals surface area contributed by atoms with Crippen molar-refractivity contribution >= 4 is 23.2 Å². The van der Waals surface area contributed by atoms with Crippen LogP contribution in [0.2, 0.25) is 0 Å². The number of ketones is 1. The number of aromatic amines is 1. The SMILES string of the molecule is CCOc1cc(C(=O)N2CCC3(CC2)CC(=O)c2cc(Nc4ccnn4C)ccc2O3)cc(-c2nn[nH]n2)c1.[H-].[Na+]. The maximum absolute atomic E-state index is 13.5. The molecule has 4 aromatic rings. The normalized spacial score (nSPS) is 15.7. The van der Waals surface area contributed by atoms with E-state index >= 15 is 0 Å². The Bertz CT molecular complexity index is 1540. The van der Waals surface area contributed by atoms with Crippen molar-refractivity contribution < 1.29 is 50.0 Å². The van der Waals surface area contributed by atoms with Gasteiger partial charge in [0.2, 0.25) is 5.82 Å². The summed E-state index contributed by atoms with van der Waals surface area (Å²) in [4.78, 5) is 28.5. The molecule has 4 heterocycles. The molecule has 0 radical (unpaired) electrons. The minimum atomic E-state index is -0.624. The summed E-state index contributed by atoms with van der Waals surface area (Å²) in [5, 5.41) is 21.5. The van der Waals surface area contributed by atoms with E-state index in [4.69, 9.17) is 9.47 Å². The number of aromatic nitrogens is 6. The Hall–Kier alpha value is -3.74. The van der Waals surface area contributed by atoms with Crippen LogP contribution in [-0.4, -0.2) is 72.3 Å². The number of Topliss-reactive ketones (excluding diaryl/α,β-unsaturated/α-hetero) is 1. The van der Waals surface area contributed by atoms with Crippen molar-refractivity contribution in [3.8, 4) is 22.9 Å². The molecule has 202 valence electrons. The molecule has 0 saturated carbocycles. The minimum Gasteiger partial charge on any atom is -1.00 e. The molecule has 2 aromatic carbocycles. The van der Waals surface area contributed by atoms with Crippen LogP contribution in [0.1, 0.15) is 48.3 Å². The van der Waals surface area contributed by atoms with Gasteiger partial charge in [0.25, 0.3) is 5.91 Å². The van der Waals surface area contributed by atoms with Gasteiger partial charge in [-0.25, -0.2) is 0 Å².